The molecule has 2 heterocycles. The predicted octanol–water partition coefficient (Wildman–Crippen LogP) is -3.60. The number of esters is 1. The Morgan fingerprint density at radius 3 is 2.14 bits per heavy atom. The lowest BCUT2D eigenvalue weighted by Crippen LogP contribution is -2.42. The summed E-state index contributed by atoms with van der Waals surface area (Å²) in [4.78, 5) is 8.61. The molecule has 0 saturated carbocycles. The van der Waals surface area contributed by atoms with Crippen LogP contribution in [0.25, 0.3) is 0 Å². The fourth-order valence-electron chi connectivity index (χ4n) is 1.39. The summed E-state index contributed by atoms with van der Waals surface area (Å²) in [5, 5.41) is 36.7. The molecule has 2 aliphatic rings. The molecule has 0 amide bonds. The second kappa shape index (κ2) is 2.74. The number of carbonyl (C=O) groups excluding carboxylic acids is 1. The largest absolute Gasteiger partial charge is 0.453 e. The summed E-state index contributed by atoms with van der Waals surface area (Å²) in [6, 6.07) is 0. The molecule has 2 rings (SSSR count). The van der Waals surface area contributed by atoms with E-state index in [1.165, 1.54) is 0 Å². The fraction of sp³-hybridized carbons (Fsp3) is 0.833. The van der Waals surface area contributed by atoms with Crippen LogP contribution in [0, 0.1) is 0 Å². The molecule has 6 unspecified atom stereocenters. The van der Waals surface area contributed by atoms with Crippen molar-refractivity contribution in [3.8, 4) is 0 Å². The Morgan fingerprint density at radius 1 is 1.36 bits per heavy atom. The summed E-state index contributed by atoms with van der Waals surface area (Å²) in [7, 11) is -1.99. The van der Waals surface area contributed by atoms with E-state index in [0.717, 1.165) is 0 Å². The second-order valence-corrected chi connectivity index (χ2v) is 4.89. The molecule has 0 aliphatic carbocycles. The van der Waals surface area contributed by atoms with E-state index >= 15 is 0 Å². The van der Waals surface area contributed by atoms with Crippen molar-refractivity contribution in [2.75, 3.05) is 0 Å². The highest BCUT2D eigenvalue weighted by molar-refractivity contribution is 7.94. The van der Waals surface area contributed by atoms with Crippen LogP contribution in [-0.2, 0) is 20.3 Å². The Balaban J connectivity index is 2.23. The van der Waals surface area contributed by atoms with Crippen molar-refractivity contribution < 1.29 is 34.2 Å². The molecule has 6 atom stereocenters. The minimum atomic E-state index is -2.15. The van der Waals surface area contributed by atoms with E-state index in [1.807, 2.05) is 0 Å². The second-order valence-electron chi connectivity index (χ2n) is 3.19. The van der Waals surface area contributed by atoms with Crippen LogP contribution in [0.3, 0.4) is 0 Å². The van der Waals surface area contributed by atoms with E-state index in [-0.39, 0.29) is 0 Å². The molecule has 7 nitrogen and oxygen atoms in total. The third-order valence-electron chi connectivity index (χ3n) is 2.35. The summed E-state index contributed by atoms with van der Waals surface area (Å²) >= 11 is 0. The van der Waals surface area contributed by atoms with Gasteiger partial charge in [-0.05, 0) is 0 Å². The molecule has 0 radical (unpaired) electrons. The quantitative estimate of drug-likeness (QED) is 0.268. The van der Waals surface area contributed by atoms with E-state index < -0.39 is 45.4 Å². The van der Waals surface area contributed by atoms with E-state index in [0.29, 0.717) is 0 Å². The molecule has 8 heteroatoms. The predicted molar refractivity (Wildman–Crippen MR) is 41.0 cm³/mol. The van der Waals surface area contributed by atoms with E-state index in [2.05, 4.69) is 4.74 Å². The molecule has 14 heavy (non-hydrogen) atoms. The lowest BCUT2D eigenvalue weighted by atomic mass is 10.1. The standard InChI is InChI=1S/C6H8O7S/c7-1-2(8)4(9)13-3(1)6(11)5(10)14(6)12/h1-3,5,7-8,10-11H. The van der Waals surface area contributed by atoms with Crippen LogP contribution in [0.15, 0.2) is 0 Å². The monoisotopic (exact) mass is 224 g/mol. The van der Waals surface area contributed by atoms with Gasteiger partial charge in [0.05, 0.1) is 10.8 Å². The van der Waals surface area contributed by atoms with E-state index in [1.54, 1.807) is 0 Å². The lowest BCUT2D eigenvalue weighted by Gasteiger charge is -2.16. The molecule has 0 spiro atoms. The van der Waals surface area contributed by atoms with Gasteiger partial charge in [-0.2, -0.15) is 0 Å². The van der Waals surface area contributed by atoms with Crippen LogP contribution in [0.4, 0.5) is 0 Å². The van der Waals surface area contributed by atoms with Crippen LogP contribution in [-0.4, -0.2) is 59.3 Å². The fourth-order valence-corrected chi connectivity index (χ4v) is 2.53. The van der Waals surface area contributed by atoms with Crippen molar-refractivity contribution in [2.45, 2.75) is 28.7 Å². The Kier molecular flexibility index (Phi) is 1.95. The summed E-state index contributed by atoms with van der Waals surface area (Å²) in [5.41, 5.74) is -1.56. The molecule has 0 bridgehead atoms. The van der Waals surface area contributed by atoms with Crippen molar-refractivity contribution in [2.24, 2.45) is 0 Å². The number of cyclic esters (lactones) is 1. The van der Waals surface area contributed by atoms with Gasteiger partial charge in [0.2, 0.25) is 4.93 Å². The molecular formula is C6H8O7S. The lowest BCUT2D eigenvalue weighted by molar-refractivity contribution is -0.151. The first-order valence-electron chi connectivity index (χ1n) is 3.78. The Hall–Kier alpha value is -0.540. The topological polar surface area (TPSA) is 124 Å². The highest BCUT2D eigenvalue weighted by atomic mass is 32.2. The maximum absolute atomic E-state index is 10.9. The maximum atomic E-state index is 10.9. The molecule has 2 aliphatic heterocycles. The van der Waals surface area contributed by atoms with Crippen LogP contribution in [0.1, 0.15) is 0 Å². The van der Waals surface area contributed by atoms with Gasteiger partial charge >= 0.3 is 5.97 Å². The van der Waals surface area contributed by atoms with E-state index in [9.17, 15) is 19.2 Å². The van der Waals surface area contributed by atoms with E-state index in [4.69, 9.17) is 10.2 Å². The molecule has 2 saturated heterocycles. The zero-order valence-corrected chi connectivity index (χ0v) is 7.55. The number of carbonyl (C=O) groups is 1. The van der Waals surface area contributed by atoms with Gasteiger partial charge < -0.3 is 25.2 Å². The van der Waals surface area contributed by atoms with Gasteiger partial charge in [0.1, 0.15) is 6.10 Å². The first-order valence-corrected chi connectivity index (χ1v) is 4.99. The molecule has 2 fully saturated rings. The van der Waals surface area contributed by atoms with Crippen LogP contribution < -0.4 is 0 Å². The minimum absolute atomic E-state index is 1.10. The molecule has 80 valence electrons. The molecule has 0 aromatic carbocycles. The van der Waals surface area contributed by atoms with Gasteiger partial charge in [-0.1, -0.05) is 0 Å². The van der Waals surface area contributed by atoms with Gasteiger partial charge in [-0.3, -0.25) is 4.21 Å². The molecular weight excluding hydrogens is 216 g/mol. The van der Waals surface area contributed by atoms with Gasteiger partial charge in [0.25, 0.3) is 0 Å². The number of ether oxygens (including phenoxy) is 1. The Bertz CT molecular complexity index is 315. The van der Waals surface area contributed by atoms with Gasteiger partial charge in [-0.25, -0.2) is 4.79 Å². The van der Waals surface area contributed by atoms with Gasteiger partial charge in [0, 0.05) is 0 Å². The smallest absolute Gasteiger partial charge is 0.338 e. The van der Waals surface area contributed by atoms with Crippen molar-refractivity contribution in [1.29, 1.82) is 0 Å². The zero-order valence-electron chi connectivity index (χ0n) is 6.73. The number of aliphatic hydroxyl groups excluding tert-OH is 3. The maximum Gasteiger partial charge on any atom is 0.338 e. The Labute approximate surface area is 80.4 Å². The van der Waals surface area contributed by atoms with Crippen LogP contribution in [0.5, 0.6) is 0 Å². The van der Waals surface area contributed by atoms with Crippen molar-refractivity contribution >= 4 is 16.8 Å². The third kappa shape index (κ3) is 0.997. The van der Waals surface area contributed by atoms with Gasteiger partial charge in [0.15, 0.2) is 17.6 Å². The summed E-state index contributed by atoms with van der Waals surface area (Å²) in [6.07, 6.45) is -4.98. The van der Waals surface area contributed by atoms with Crippen molar-refractivity contribution in [3.05, 3.63) is 0 Å². The summed E-state index contributed by atoms with van der Waals surface area (Å²) in [6.45, 7) is 0. The minimum Gasteiger partial charge on any atom is -0.453 e. The first kappa shape index (κ1) is 9.99. The number of rotatable bonds is 1. The molecule has 4 N–H and O–H groups in total. The number of hydrogen-bond acceptors (Lipinski definition) is 7. The van der Waals surface area contributed by atoms with Crippen LogP contribution >= 0.6 is 0 Å². The molecule has 0 aromatic heterocycles. The van der Waals surface area contributed by atoms with Crippen molar-refractivity contribution in [3.63, 3.8) is 0 Å². The highest BCUT2D eigenvalue weighted by Gasteiger charge is 2.73. The molecule has 0 aromatic rings. The summed E-state index contributed by atoms with van der Waals surface area (Å²) < 4.78 is 15.3. The number of aliphatic hydroxyl groups is 4. The van der Waals surface area contributed by atoms with Crippen molar-refractivity contribution in [1.82, 2.24) is 0 Å². The third-order valence-corrected chi connectivity index (χ3v) is 3.96. The first-order chi connectivity index (χ1) is 6.40. The average molecular weight is 224 g/mol. The normalized spacial score (nSPS) is 57.1. The number of hydrogen-bond donors (Lipinski definition) is 4. The Morgan fingerprint density at radius 2 is 1.86 bits per heavy atom. The van der Waals surface area contributed by atoms with Gasteiger partial charge in [-0.15, -0.1) is 0 Å². The SMILES string of the molecule is O=C1OC(C2(O)C(O)S2=O)C(O)C1O. The highest BCUT2D eigenvalue weighted by Crippen LogP contribution is 2.44. The zero-order chi connectivity index (χ0) is 10.7. The average Bonchev–Trinajstić information content (AvgIpc) is 2.50. The van der Waals surface area contributed by atoms with Crippen LogP contribution in [0.2, 0.25) is 0 Å². The summed E-state index contributed by atoms with van der Waals surface area (Å²) in [5.74, 6) is -1.10.